The molecule has 0 heterocycles. The molecule has 1 saturated carbocycles. The molecule has 0 aromatic rings. The predicted octanol–water partition coefficient (Wildman–Crippen LogP) is 1.65. The van der Waals surface area contributed by atoms with E-state index < -0.39 is 5.97 Å². The fourth-order valence-electron chi connectivity index (χ4n) is 1.46. The maximum absolute atomic E-state index is 10.4. The predicted molar refractivity (Wildman–Crippen MR) is 56.2 cm³/mol. The van der Waals surface area contributed by atoms with Gasteiger partial charge in [0.05, 0.1) is 0 Å². The van der Waals surface area contributed by atoms with Crippen molar-refractivity contribution >= 4 is 5.97 Å². The van der Waals surface area contributed by atoms with Crippen LogP contribution in [0.5, 0.6) is 0 Å². The van der Waals surface area contributed by atoms with Gasteiger partial charge in [-0.05, 0) is 38.1 Å². The molecule has 3 heteroatoms. The Morgan fingerprint density at radius 2 is 2.29 bits per heavy atom. The van der Waals surface area contributed by atoms with E-state index in [9.17, 15) is 4.79 Å². The van der Waals surface area contributed by atoms with Crippen LogP contribution in [0.4, 0.5) is 0 Å². The third-order valence-electron chi connectivity index (χ3n) is 2.78. The largest absolute Gasteiger partial charge is 0.478 e. The molecule has 0 amide bonds. The van der Waals surface area contributed by atoms with Gasteiger partial charge in [-0.15, -0.1) is 0 Å². The second-order valence-electron chi connectivity index (χ2n) is 4.17. The highest BCUT2D eigenvalue weighted by Gasteiger charge is 2.27. The Balaban J connectivity index is 2.08. The van der Waals surface area contributed by atoms with E-state index in [0.29, 0.717) is 12.1 Å². The van der Waals surface area contributed by atoms with Gasteiger partial charge >= 0.3 is 5.97 Å². The Kier molecular flexibility index (Phi) is 4.14. The van der Waals surface area contributed by atoms with Gasteiger partial charge in [0.2, 0.25) is 0 Å². The standard InChI is InChI=1S/C11H19NO2/c1-8(11(13)14)5-6-12-7-9(2)10-3-4-10/h5,9-10,12H,3-4,6-7H2,1-2H3,(H,13,14)/b8-5-. The monoisotopic (exact) mass is 197 g/mol. The van der Waals surface area contributed by atoms with Crippen molar-refractivity contribution in [2.24, 2.45) is 11.8 Å². The first-order valence-corrected chi connectivity index (χ1v) is 5.22. The summed E-state index contributed by atoms with van der Waals surface area (Å²) in [7, 11) is 0. The smallest absolute Gasteiger partial charge is 0.330 e. The summed E-state index contributed by atoms with van der Waals surface area (Å²) in [5.41, 5.74) is 0.413. The topological polar surface area (TPSA) is 49.3 Å². The third kappa shape index (κ3) is 3.92. The molecule has 0 spiro atoms. The lowest BCUT2D eigenvalue weighted by atomic mass is 10.1. The van der Waals surface area contributed by atoms with Crippen molar-refractivity contribution in [3.05, 3.63) is 11.6 Å². The van der Waals surface area contributed by atoms with Gasteiger partial charge in [-0.2, -0.15) is 0 Å². The van der Waals surface area contributed by atoms with Crippen LogP contribution in [0.15, 0.2) is 11.6 Å². The quantitative estimate of drug-likeness (QED) is 0.503. The van der Waals surface area contributed by atoms with Gasteiger partial charge < -0.3 is 10.4 Å². The highest BCUT2D eigenvalue weighted by atomic mass is 16.4. The zero-order valence-electron chi connectivity index (χ0n) is 8.92. The molecule has 80 valence electrons. The van der Waals surface area contributed by atoms with Crippen molar-refractivity contribution in [2.75, 3.05) is 13.1 Å². The van der Waals surface area contributed by atoms with E-state index in [1.165, 1.54) is 12.8 Å². The fourth-order valence-corrected chi connectivity index (χ4v) is 1.46. The summed E-state index contributed by atoms with van der Waals surface area (Å²) in [6.07, 6.45) is 4.46. The average Bonchev–Trinajstić information content (AvgIpc) is 2.94. The van der Waals surface area contributed by atoms with Gasteiger partial charge in [0.15, 0.2) is 0 Å². The molecule has 2 N–H and O–H groups in total. The molecule has 0 aromatic heterocycles. The number of carboxylic acid groups (broad SMARTS) is 1. The van der Waals surface area contributed by atoms with Crippen molar-refractivity contribution in [2.45, 2.75) is 26.7 Å². The summed E-state index contributed by atoms with van der Waals surface area (Å²) in [5.74, 6) is 0.808. The first kappa shape index (κ1) is 11.2. The van der Waals surface area contributed by atoms with Gasteiger partial charge in [-0.3, -0.25) is 0 Å². The Hall–Kier alpha value is -0.830. The van der Waals surface area contributed by atoms with Crippen LogP contribution < -0.4 is 5.32 Å². The molecule has 0 aromatic carbocycles. The van der Waals surface area contributed by atoms with Crippen molar-refractivity contribution < 1.29 is 9.90 Å². The average molecular weight is 197 g/mol. The van der Waals surface area contributed by atoms with Crippen LogP contribution in [-0.4, -0.2) is 24.2 Å². The lowest BCUT2D eigenvalue weighted by Gasteiger charge is -2.09. The summed E-state index contributed by atoms with van der Waals surface area (Å²) < 4.78 is 0. The molecule has 1 aliphatic carbocycles. The second-order valence-corrected chi connectivity index (χ2v) is 4.17. The molecule has 1 unspecified atom stereocenters. The SMILES string of the molecule is C/C(=C/CNCC(C)C1CC1)C(=O)O. The van der Waals surface area contributed by atoms with E-state index in [2.05, 4.69) is 12.2 Å². The van der Waals surface area contributed by atoms with E-state index >= 15 is 0 Å². The molecule has 0 bridgehead atoms. The highest BCUT2D eigenvalue weighted by Crippen LogP contribution is 2.35. The van der Waals surface area contributed by atoms with Crippen LogP contribution >= 0.6 is 0 Å². The van der Waals surface area contributed by atoms with Crippen LogP contribution in [0.25, 0.3) is 0 Å². The van der Waals surface area contributed by atoms with Crippen molar-refractivity contribution in [1.82, 2.24) is 5.32 Å². The maximum Gasteiger partial charge on any atom is 0.330 e. The van der Waals surface area contributed by atoms with Crippen molar-refractivity contribution in [3.8, 4) is 0 Å². The van der Waals surface area contributed by atoms with Crippen LogP contribution in [0.3, 0.4) is 0 Å². The summed E-state index contributed by atoms with van der Waals surface area (Å²) in [5, 5.41) is 11.8. The molecule has 1 atom stereocenters. The molecule has 0 saturated heterocycles. The molecular weight excluding hydrogens is 178 g/mol. The van der Waals surface area contributed by atoms with Gasteiger partial charge in [0.1, 0.15) is 0 Å². The van der Waals surface area contributed by atoms with Gasteiger partial charge in [0.25, 0.3) is 0 Å². The number of nitrogens with one attached hydrogen (secondary N) is 1. The van der Waals surface area contributed by atoms with Crippen LogP contribution in [-0.2, 0) is 4.79 Å². The minimum absolute atomic E-state index is 0.413. The maximum atomic E-state index is 10.4. The summed E-state index contributed by atoms with van der Waals surface area (Å²) >= 11 is 0. The van der Waals surface area contributed by atoms with Crippen LogP contribution in [0.1, 0.15) is 26.7 Å². The lowest BCUT2D eigenvalue weighted by molar-refractivity contribution is -0.132. The third-order valence-corrected chi connectivity index (χ3v) is 2.78. The zero-order valence-corrected chi connectivity index (χ0v) is 8.92. The number of rotatable bonds is 6. The Labute approximate surface area is 85.2 Å². The van der Waals surface area contributed by atoms with E-state index in [1.807, 2.05) is 0 Å². The van der Waals surface area contributed by atoms with E-state index in [4.69, 9.17) is 5.11 Å². The molecule has 14 heavy (non-hydrogen) atoms. The van der Waals surface area contributed by atoms with Gasteiger partial charge in [-0.1, -0.05) is 13.0 Å². The zero-order chi connectivity index (χ0) is 10.6. The number of carbonyl (C=O) groups is 1. The van der Waals surface area contributed by atoms with Gasteiger partial charge in [-0.25, -0.2) is 4.79 Å². The van der Waals surface area contributed by atoms with Crippen LogP contribution in [0.2, 0.25) is 0 Å². The highest BCUT2D eigenvalue weighted by molar-refractivity contribution is 5.85. The molecule has 3 nitrogen and oxygen atoms in total. The summed E-state index contributed by atoms with van der Waals surface area (Å²) in [6, 6.07) is 0. The number of hydrogen-bond acceptors (Lipinski definition) is 2. The number of hydrogen-bond donors (Lipinski definition) is 2. The van der Waals surface area contributed by atoms with Crippen molar-refractivity contribution in [3.63, 3.8) is 0 Å². The molecule has 0 aliphatic heterocycles. The molecule has 0 radical (unpaired) electrons. The molecule has 1 fully saturated rings. The fraction of sp³-hybridized carbons (Fsp3) is 0.727. The second kappa shape index (κ2) is 5.15. The molecular formula is C11H19NO2. The Bertz CT molecular complexity index is 231. The normalized spacial score (nSPS) is 19.4. The summed E-state index contributed by atoms with van der Waals surface area (Å²) in [4.78, 5) is 10.4. The first-order chi connectivity index (χ1) is 6.61. The minimum Gasteiger partial charge on any atom is -0.478 e. The minimum atomic E-state index is -0.831. The van der Waals surface area contributed by atoms with E-state index in [-0.39, 0.29) is 0 Å². The number of aliphatic carboxylic acids is 1. The molecule has 1 aliphatic rings. The lowest BCUT2D eigenvalue weighted by Crippen LogP contribution is -2.22. The van der Waals surface area contributed by atoms with E-state index in [1.54, 1.807) is 13.0 Å². The summed E-state index contributed by atoms with van der Waals surface area (Å²) in [6.45, 7) is 5.52. The van der Waals surface area contributed by atoms with E-state index in [0.717, 1.165) is 18.4 Å². The van der Waals surface area contributed by atoms with Crippen molar-refractivity contribution in [1.29, 1.82) is 0 Å². The Morgan fingerprint density at radius 1 is 1.64 bits per heavy atom. The Morgan fingerprint density at radius 3 is 2.79 bits per heavy atom. The number of carboxylic acids is 1. The first-order valence-electron chi connectivity index (χ1n) is 5.22. The van der Waals surface area contributed by atoms with Gasteiger partial charge in [0, 0.05) is 12.1 Å². The van der Waals surface area contributed by atoms with Crippen LogP contribution in [0, 0.1) is 11.8 Å². The molecule has 1 rings (SSSR count).